The summed E-state index contributed by atoms with van der Waals surface area (Å²) in [5.74, 6) is 0.767. The summed E-state index contributed by atoms with van der Waals surface area (Å²) in [5, 5.41) is 0. The minimum atomic E-state index is -0.758. The number of ether oxygens (including phenoxy) is 3. The highest BCUT2D eigenvalue weighted by Gasteiger charge is 2.19. The first-order valence-corrected chi connectivity index (χ1v) is 20.8. The van der Waals surface area contributed by atoms with E-state index in [0.717, 1.165) is 76.0 Å². The molecule has 6 nitrogen and oxygen atoms in total. The molecular weight excluding hydrogens is 600 g/mol. The van der Waals surface area contributed by atoms with Gasteiger partial charge in [0.15, 0.2) is 6.10 Å². The van der Waals surface area contributed by atoms with E-state index in [1.807, 2.05) is 0 Å². The fraction of sp³-hybridized carbons (Fsp3) is 0.929. The Bertz CT molecular complexity index is 736. The first-order valence-electron chi connectivity index (χ1n) is 20.8. The number of esters is 3. The molecule has 0 N–H and O–H groups in total. The fourth-order valence-corrected chi connectivity index (χ4v) is 6.01. The Kier molecular flexibility index (Phi) is 34.1. The van der Waals surface area contributed by atoms with E-state index in [-0.39, 0.29) is 31.1 Å². The Labute approximate surface area is 298 Å². The van der Waals surface area contributed by atoms with Crippen LogP contribution < -0.4 is 0 Å². The standard InChI is InChI=1S/C42H80O6/c1-6-8-9-20-27-32-40(43)46-35-39(36-47-41(44)33-28-23-19-18-22-26-31-38(5)7-2)48-42(45)34-29-24-17-15-13-11-10-12-14-16-21-25-30-37(3)4/h37-39H,6-36H2,1-5H3/t38?,39-/m0/s1. The predicted molar refractivity (Wildman–Crippen MR) is 201 cm³/mol. The van der Waals surface area contributed by atoms with E-state index in [1.54, 1.807) is 0 Å². The lowest BCUT2D eigenvalue weighted by molar-refractivity contribution is -0.167. The van der Waals surface area contributed by atoms with Crippen LogP contribution in [0, 0.1) is 11.8 Å². The van der Waals surface area contributed by atoms with Gasteiger partial charge < -0.3 is 14.2 Å². The van der Waals surface area contributed by atoms with Crippen molar-refractivity contribution in [2.24, 2.45) is 11.8 Å². The van der Waals surface area contributed by atoms with Crippen molar-refractivity contribution in [2.45, 2.75) is 227 Å². The van der Waals surface area contributed by atoms with Gasteiger partial charge in [-0.25, -0.2) is 0 Å². The first kappa shape index (κ1) is 46.4. The average Bonchev–Trinajstić information content (AvgIpc) is 3.06. The van der Waals surface area contributed by atoms with Crippen LogP contribution in [0.2, 0.25) is 0 Å². The van der Waals surface area contributed by atoms with Gasteiger partial charge in [-0.05, 0) is 31.1 Å². The molecule has 284 valence electrons. The number of carbonyl (C=O) groups is 3. The van der Waals surface area contributed by atoms with Crippen molar-refractivity contribution >= 4 is 17.9 Å². The van der Waals surface area contributed by atoms with Gasteiger partial charge in [-0.15, -0.1) is 0 Å². The van der Waals surface area contributed by atoms with Crippen molar-refractivity contribution < 1.29 is 28.6 Å². The highest BCUT2D eigenvalue weighted by atomic mass is 16.6. The Morgan fingerprint density at radius 3 is 1.19 bits per heavy atom. The number of hydrogen-bond acceptors (Lipinski definition) is 6. The molecule has 0 saturated heterocycles. The zero-order valence-electron chi connectivity index (χ0n) is 32.6. The first-order chi connectivity index (χ1) is 23.3. The summed E-state index contributed by atoms with van der Waals surface area (Å²) in [4.78, 5) is 37.3. The quantitative estimate of drug-likeness (QED) is 0.0372. The second-order valence-corrected chi connectivity index (χ2v) is 15.0. The number of carbonyl (C=O) groups excluding carboxylic acids is 3. The van der Waals surface area contributed by atoms with E-state index in [1.165, 1.54) is 103 Å². The molecule has 0 aromatic carbocycles. The van der Waals surface area contributed by atoms with Gasteiger partial charge in [0.05, 0.1) is 0 Å². The fourth-order valence-electron chi connectivity index (χ4n) is 6.01. The Hall–Kier alpha value is -1.59. The monoisotopic (exact) mass is 681 g/mol. The summed E-state index contributed by atoms with van der Waals surface area (Å²) < 4.78 is 16.5. The molecule has 0 saturated carbocycles. The lowest BCUT2D eigenvalue weighted by atomic mass is 10.00. The van der Waals surface area contributed by atoms with Gasteiger partial charge in [0.1, 0.15) is 13.2 Å². The Balaban J connectivity index is 4.24. The molecule has 0 aromatic rings. The maximum Gasteiger partial charge on any atom is 0.306 e. The second kappa shape index (κ2) is 35.2. The molecule has 0 fully saturated rings. The van der Waals surface area contributed by atoms with Crippen molar-refractivity contribution in [1.29, 1.82) is 0 Å². The van der Waals surface area contributed by atoms with E-state index in [2.05, 4.69) is 34.6 Å². The summed E-state index contributed by atoms with van der Waals surface area (Å²) in [5.41, 5.74) is 0. The summed E-state index contributed by atoms with van der Waals surface area (Å²) >= 11 is 0. The van der Waals surface area contributed by atoms with Gasteiger partial charge in [-0.1, -0.05) is 182 Å². The summed E-state index contributed by atoms with van der Waals surface area (Å²) in [6, 6.07) is 0. The zero-order chi connectivity index (χ0) is 35.5. The molecule has 0 bridgehead atoms. The van der Waals surface area contributed by atoms with Crippen molar-refractivity contribution in [2.75, 3.05) is 13.2 Å². The second-order valence-electron chi connectivity index (χ2n) is 15.0. The summed E-state index contributed by atoms with van der Waals surface area (Å²) in [7, 11) is 0. The van der Waals surface area contributed by atoms with Crippen LogP contribution in [0.1, 0.15) is 221 Å². The molecule has 1 unspecified atom stereocenters. The molecule has 0 rings (SSSR count). The van der Waals surface area contributed by atoms with Crippen molar-refractivity contribution in [1.82, 2.24) is 0 Å². The molecule has 0 radical (unpaired) electrons. The third kappa shape index (κ3) is 34.3. The number of hydrogen-bond donors (Lipinski definition) is 0. The number of rotatable bonds is 36. The van der Waals surface area contributed by atoms with Crippen molar-refractivity contribution in [3.63, 3.8) is 0 Å². The molecule has 0 aliphatic heterocycles. The maximum atomic E-state index is 12.6. The van der Waals surface area contributed by atoms with Gasteiger partial charge in [-0.3, -0.25) is 14.4 Å². The molecule has 0 aliphatic rings. The normalized spacial score (nSPS) is 12.6. The molecule has 0 heterocycles. The Morgan fingerprint density at radius 2 is 0.792 bits per heavy atom. The van der Waals surface area contributed by atoms with E-state index in [4.69, 9.17) is 14.2 Å². The minimum Gasteiger partial charge on any atom is -0.462 e. The van der Waals surface area contributed by atoms with E-state index in [9.17, 15) is 14.4 Å². The smallest absolute Gasteiger partial charge is 0.306 e. The van der Waals surface area contributed by atoms with Crippen LogP contribution in [-0.2, 0) is 28.6 Å². The average molecular weight is 681 g/mol. The van der Waals surface area contributed by atoms with Crippen LogP contribution in [0.15, 0.2) is 0 Å². The molecule has 0 aliphatic carbocycles. The zero-order valence-corrected chi connectivity index (χ0v) is 32.6. The summed E-state index contributed by atoms with van der Waals surface area (Å²) in [6.07, 6.45) is 31.2. The van der Waals surface area contributed by atoms with Crippen LogP contribution in [0.3, 0.4) is 0 Å². The van der Waals surface area contributed by atoms with Crippen LogP contribution in [-0.4, -0.2) is 37.2 Å². The van der Waals surface area contributed by atoms with E-state index in [0.29, 0.717) is 19.3 Å². The van der Waals surface area contributed by atoms with Crippen LogP contribution in [0.4, 0.5) is 0 Å². The predicted octanol–water partition coefficient (Wildman–Crippen LogP) is 12.6. The molecule has 48 heavy (non-hydrogen) atoms. The van der Waals surface area contributed by atoms with E-state index < -0.39 is 6.10 Å². The third-order valence-corrected chi connectivity index (χ3v) is 9.58. The molecule has 0 aromatic heterocycles. The lowest BCUT2D eigenvalue weighted by Crippen LogP contribution is -2.30. The van der Waals surface area contributed by atoms with Crippen molar-refractivity contribution in [3.8, 4) is 0 Å². The topological polar surface area (TPSA) is 78.9 Å². The largest absolute Gasteiger partial charge is 0.462 e. The molecule has 0 amide bonds. The van der Waals surface area contributed by atoms with Crippen LogP contribution in [0.5, 0.6) is 0 Å². The van der Waals surface area contributed by atoms with Gasteiger partial charge in [-0.2, -0.15) is 0 Å². The Morgan fingerprint density at radius 1 is 0.438 bits per heavy atom. The van der Waals surface area contributed by atoms with Crippen LogP contribution >= 0.6 is 0 Å². The van der Waals surface area contributed by atoms with Crippen LogP contribution in [0.25, 0.3) is 0 Å². The third-order valence-electron chi connectivity index (χ3n) is 9.58. The molecule has 0 spiro atoms. The van der Waals surface area contributed by atoms with Gasteiger partial charge >= 0.3 is 17.9 Å². The summed E-state index contributed by atoms with van der Waals surface area (Å²) in [6.45, 7) is 11.2. The number of unbranched alkanes of at least 4 members (excludes halogenated alkanes) is 20. The molecular formula is C42H80O6. The van der Waals surface area contributed by atoms with Crippen molar-refractivity contribution in [3.05, 3.63) is 0 Å². The van der Waals surface area contributed by atoms with E-state index >= 15 is 0 Å². The van der Waals surface area contributed by atoms with Gasteiger partial charge in [0.25, 0.3) is 0 Å². The van der Waals surface area contributed by atoms with Gasteiger partial charge in [0.2, 0.25) is 0 Å². The van der Waals surface area contributed by atoms with Gasteiger partial charge in [0, 0.05) is 19.3 Å². The molecule has 6 heteroatoms. The SMILES string of the molecule is CCCCCCCC(=O)OC[C@@H](COC(=O)CCCCCCCCC(C)CC)OC(=O)CCCCCCCCCCCCCCC(C)C. The lowest BCUT2D eigenvalue weighted by Gasteiger charge is -2.18. The highest BCUT2D eigenvalue weighted by molar-refractivity contribution is 5.71. The maximum absolute atomic E-state index is 12.6. The highest BCUT2D eigenvalue weighted by Crippen LogP contribution is 2.16. The minimum absolute atomic E-state index is 0.0675. The molecule has 2 atom stereocenters.